The van der Waals surface area contributed by atoms with Crippen molar-refractivity contribution >= 4 is 11.9 Å². The molecule has 4 aliphatic rings. The molecule has 4 bridgehead atoms. The molecule has 0 atom stereocenters. The largest absolute Gasteiger partial charge is 0.352 e. The number of hydrogen-bond acceptors (Lipinski definition) is 2. The number of rotatable bonds is 6. The Morgan fingerprint density at radius 1 is 1.04 bits per heavy atom. The highest BCUT2D eigenvalue weighted by Gasteiger charge is 2.51. The zero-order chi connectivity index (χ0) is 18.9. The van der Waals surface area contributed by atoms with E-state index in [-0.39, 0.29) is 17.5 Å². The first-order valence-electron chi connectivity index (χ1n) is 10.4. The van der Waals surface area contributed by atoms with E-state index in [4.69, 9.17) is 0 Å². The maximum absolute atomic E-state index is 12.4. The molecular weight excluding hydrogens is 338 g/mol. The van der Waals surface area contributed by atoms with Crippen LogP contribution in [0.3, 0.4) is 0 Å². The van der Waals surface area contributed by atoms with E-state index in [1.165, 1.54) is 24.8 Å². The third-order valence-corrected chi connectivity index (χ3v) is 6.63. The Morgan fingerprint density at radius 2 is 1.70 bits per heavy atom. The van der Waals surface area contributed by atoms with Crippen LogP contribution in [0.2, 0.25) is 0 Å². The zero-order valence-corrected chi connectivity index (χ0v) is 16.2. The molecule has 0 unspecified atom stereocenters. The molecule has 5 heteroatoms. The highest BCUT2D eigenvalue weighted by atomic mass is 16.2. The lowest BCUT2D eigenvalue weighted by Gasteiger charge is -2.56. The summed E-state index contributed by atoms with van der Waals surface area (Å²) in [5.41, 5.74) is 2.30. The molecule has 4 saturated carbocycles. The van der Waals surface area contributed by atoms with Crippen molar-refractivity contribution in [2.75, 3.05) is 6.54 Å². The molecule has 1 aromatic carbocycles. The van der Waals surface area contributed by atoms with Gasteiger partial charge in [-0.15, -0.1) is 0 Å². The van der Waals surface area contributed by atoms with Crippen LogP contribution in [0.25, 0.3) is 0 Å². The van der Waals surface area contributed by atoms with Crippen LogP contribution in [0, 0.1) is 24.7 Å². The van der Waals surface area contributed by atoms with E-state index in [1.54, 1.807) is 0 Å². The molecule has 4 aliphatic carbocycles. The molecule has 0 aromatic heterocycles. The molecule has 0 spiro atoms. The molecule has 5 nitrogen and oxygen atoms in total. The third-order valence-electron chi connectivity index (χ3n) is 6.63. The van der Waals surface area contributed by atoms with Gasteiger partial charge < -0.3 is 16.0 Å². The Labute approximate surface area is 161 Å². The number of urea groups is 1. The number of carbonyl (C=O) groups excluding carboxylic acids is 2. The topological polar surface area (TPSA) is 70.2 Å². The highest BCUT2D eigenvalue weighted by Crippen LogP contribution is 2.55. The minimum atomic E-state index is -0.108. The summed E-state index contributed by atoms with van der Waals surface area (Å²) in [4.78, 5) is 24.4. The summed E-state index contributed by atoms with van der Waals surface area (Å²) in [7, 11) is 0. The summed E-state index contributed by atoms with van der Waals surface area (Å²) in [6, 6.07) is 8.00. The molecule has 4 fully saturated rings. The van der Waals surface area contributed by atoms with Crippen molar-refractivity contribution in [3.05, 3.63) is 35.4 Å². The van der Waals surface area contributed by atoms with Crippen LogP contribution >= 0.6 is 0 Å². The quantitative estimate of drug-likeness (QED) is 0.720. The summed E-state index contributed by atoms with van der Waals surface area (Å²) in [5.74, 6) is 2.39. The van der Waals surface area contributed by atoms with Crippen molar-refractivity contribution in [3.63, 3.8) is 0 Å². The molecule has 3 N–H and O–H groups in total. The lowest BCUT2D eigenvalue weighted by molar-refractivity contribution is -0.121. The normalized spacial score (nSPS) is 30.8. The SMILES string of the molecule is Cc1cccc(CNC(=O)CCNC(=O)NC23CC4CC(CC(C4)C2)C3)c1. The van der Waals surface area contributed by atoms with Gasteiger partial charge in [0.1, 0.15) is 0 Å². The van der Waals surface area contributed by atoms with E-state index in [2.05, 4.69) is 22.0 Å². The fraction of sp³-hybridized carbons (Fsp3) is 0.636. The lowest BCUT2D eigenvalue weighted by Crippen LogP contribution is -2.61. The predicted molar refractivity (Wildman–Crippen MR) is 105 cm³/mol. The lowest BCUT2D eigenvalue weighted by atomic mass is 9.53. The van der Waals surface area contributed by atoms with Crippen LogP contribution in [-0.4, -0.2) is 24.0 Å². The van der Waals surface area contributed by atoms with Crippen molar-refractivity contribution in [3.8, 4) is 0 Å². The first-order chi connectivity index (χ1) is 13.0. The minimum absolute atomic E-state index is 0.0201. The molecule has 0 heterocycles. The second-order valence-electron chi connectivity index (χ2n) is 9.09. The van der Waals surface area contributed by atoms with Gasteiger partial charge in [-0.2, -0.15) is 0 Å². The van der Waals surface area contributed by atoms with Gasteiger partial charge in [0.05, 0.1) is 0 Å². The summed E-state index contributed by atoms with van der Waals surface area (Å²) < 4.78 is 0. The maximum Gasteiger partial charge on any atom is 0.315 e. The van der Waals surface area contributed by atoms with E-state index in [1.807, 2.05) is 25.1 Å². The van der Waals surface area contributed by atoms with Crippen molar-refractivity contribution in [1.82, 2.24) is 16.0 Å². The standard InChI is InChI=1S/C22H31N3O2/c1-15-3-2-4-16(7-15)14-24-20(26)5-6-23-21(27)25-22-11-17-8-18(12-22)10-19(9-17)13-22/h2-4,7,17-19H,5-6,8-14H2,1H3,(H,24,26)(H2,23,25,27). The van der Waals surface area contributed by atoms with Crippen molar-refractivity contribution in [2.45, 2.75) is 64.0 Å². The molecule has 0 aliphatic heterocycles. The smallest absolute Gasteiger partial charge is 0.315 e. The van der Waals surface area contributed by atoms with Gasteiger partial charge in [-0.3, -0.25) is 4.79 Å². The number of benzene rings is 1. The van der Waals surface area contributed by atoms with Crippen LogP contribution < -0.4 is 16.0 Å². The van der Waals surface area contributed by atoms with Crippen molar-refractivity contribution in [1.29, 1.82) is 0 Å². The minimum Gasteiger partial charge on any atom is -0.352 e. The van der Waals surface area contributed by atoms with Gasteiger partial charge in [-0.25, -0.2) is 4.79 Å². The first-order valence-corrected chi connectivity index (χ1v) is 10.4. The molecule has 27 heavy (non-hydrogen) atoms. The van der Waals surface area contributed by atoms with Gasteiger partial charge in [0.25, 0.3) is 0 Å². The molecule has 0 radical (unpaired) electrons. The number of hydrogen-bond donors (Lipinski definition) is 3. The van der Waals surface area contributed by atoms with Gasteiger partial charge >= 0.3 is 6.03 Å². The summed E-state index contributed by atoms with van der Waals surface area (Å²) >= 11 is 0. The molecule has 146 valence electrons. The van der Waals surface area contributed by atoms with E-state index < -0.39 is 0 Å². The second-order valence-corrected chi connectivity index (χ2v) is 9.09. The second kappa shape index (κ2) is 7.53. The van der Waals surface area contributed by atoms with Gasteiger partial charge in [0.2, 0.25) is 5.91 Å². The van der Waals surface area contributed by atoms with E-state index >= 15 is 0 Å². The highest BCUT2D eigenvalue weighted by molar-refractivity contribution is 5.78. The third kappa shape index (κ3) is 4.45. The average molecular weight is 370 g/mol. The maximum atomic E-state index is 12.4. The Balaban J connectivity index is 1.17. The first kappa shape index (κ1) is 18.3. The van der Waals surface area contributed by atoms with Crippen LogP contribution in [0.1, 0.15) is 56.1 Å². The monoisotopic (exact) mass is 369 g/mol. The summed E-state index contributed by atoms with van der Waals surface area (Å²) in [6.07, 6.45) is 7.83. The van der Waals surface area contributed by atoms with Crippen LogP contribution in [0.5, 0.6) is 0 Å². The number of nitrogens with one attached hydrogen (secondary N) is 3. The van der Waals surface area contributed by atoms with Crippen LogP contribution in [0.4, 0.5) is 4.79 Å². The zero-order valence-electron chi connectivity index (χ0n) is 16.2. The summed E-state index contributed by atoms with van der Waals surface area (Å²) in [5, 5.41) is 9.08. The van der Waals surface area contributed by atoms with Crippen LogP contribution in [-0.2, 0) is 11.3 Å². The molecular formula is C22H31N3O2. The van der Waals surface area contributed by atoms with E-state index in [0.717, 1.165) is 42.6 Å². The number of amides is 3. The average Bonchev–Trinajstić information content (AvgIpc) is 2.58. The van der Waals surface area contributed by atoms with Crippen molar-refractivity contribution < 1.29 is 9.59 Å². The van der Waals surface area contributed by atoms with Crippen LogP contribution in [0.15, 0.2) is 24.3 Å². The van der Waals surface area contributed by atoms with E-state index in [0.29, 0.717) is 19.5 Å². The summed E-state index contributed by atoms with van der Waals surface area (Å²) in [6.45, 7) is 2.94. The Hall–Kier alpha value is -2.04. The fourth-order valence-corrected chi connectivity index (χ4v) is 5.95. The van der Waals surface area contributed by atoms with Gasteiger partial charge in [0.15, 0.2) is 0 Å². The number of carbonyl (C=O) groups is 2. The van der Waals surface area contributed by atoms with Gasteiger partial charge in [-0.1, -0.05) is 29.8 Å². The van der Waals surface area contributed by atoms with E-state index in [9.17, 15) is 9.59 Å². The van der Waals surface area contributed by atoms with Gasteiger partial charge in [-0.05, 0) is 68.8 Å². The molecule has 0 saturated heterocycles. The Morgan fingerprint density at radius 3 is 2.33 bits per heavy atom. The van der Waals surface area contributed by atoms with Gasteiger partial charge in [0, 0.05) is 25.0 Å². The molecule has 3 amide bonds. The molecule has 1 aromatic rings. The Bertz CT molecular complexity index is 680. The Kier molecular flexibility index (Phi) is 5.11. The fourth-order valence-electron chi connectivity index (χ4n) is 5.95. The number of aryl methyl sites for hydroxylation is 1. The van der Waals surface area contributed by atoms with Crippen molar-refractivity contribution in [2.24, 2.45) is 17.8 Å². The predicted octanol–water partition coefficient (Wildman–Crippen LogP) is 3.27. The molecule has 5 rings (SSSR count).